The van der Waals surface area contributed by atoms with E-state index in [2.05, 4.69) is 11.9 Å². The van der Waals surface area contributed by atoms with Gasteiger partial charge < -0.3 is 10.4 Å². The highest BCUT2D eigenvalue weighted by atomic mass is 32.2. The van der Waals surface area contributed by atoms with Crippen LogP contribution in [0.25, 0.3) is 0 Å². The maximum absolute atomic E-state index is 11.2. The zero-order chi connectivity index (χ0) is 12.0. The minimum absolute atomic E-state index is 0.0176. The predicted octanol–water partition coefficient (Wildman–Crippen LogP) is 1.28. The molecule has 0 heterocycles. The summed E-state index contributed by atoms with van der Waals surface area (Å²) < 4.78 is 0. The number of aliphatic carboxylic acids is 1. The average molecular weight is 243 g/mol. The number of rotatable bonds is 8. The summed E-state index contributed by atoms with van der Waals surface area (Å²) in [6, 6.07) is 0. The molecule has 1 aliphatic rings. The summed E-state index contributed by atoms with van der Waals surface area (Å²) in [7, 11) is 0. The first kappa shape index (κ1) is 13.1. The fraction of sp³-hybridized carbons (Fsp3) is 0.636. The maximum Gasteiger partial charge on any atom is 0.303 e. The number of carboxylic acids is 1. The van der Waals surface area contributed by atoms with Crippen molar-refractivity contribution >= 4 is 23.6 Å². The summed E-state index contributed by atoms with van der Waals surface area (Å²) in [6.45, 7) is 3.99. The van der Waals surface area contributed by atoms with Gasteiger partial charge in [0, 0.05) is 6.54 Å². The Morgan fingerprint density at radius 3 is 2.69 bits per heavy atom. The Morgan fingerprint density at radius 1 is 1.50 bits per heavy atom. The van der Waals surface area contributed by atoms with Gasteiger partial charge in [-0.15, -0.1) is 6.58 Å². The van der Waals surface area contributed by atoms with Gasteiger partial charge in [0.25, 0.3) is 0 Å². The molecule has 0 radical (unpaired) electrons. The van der Waals surface area contributed by atoms with E-state index in [0.29, 0.717) is 12.3 Å². The van der Waals surface area contributed by atoms with E-state index in [1.165, 1.54) is 11.8 Å². The quantitative estimate of drug-likeness (QED) is 0.630. The van der Waals surface area contributed by atoms with Gasteiger partial charge in [0.05, 0.1) is 12.2 Å². The molecule has 16 heavy (non-hydrogen) atoms. The number of hydrogen-bond donors (Lipinski definition) is 2. The Kier molecular flexibility index (Phi) is 4.86. The van der Waals surface area contributed by atoms with Gasteiger partial charge in [0.2, 0.25) is 5.91 Å². The molecule has 4 nitrogen and oxygen atoms in total. The number of thioether (sulfide) groups is 1. The lowest BCUT2D eigenvalue weighted by Crippen LogP contribution is -2.25. The third kappa shape index (κ3) is 4.70. The van der Waals surface area contributed by atoms with Crippen LogP contribution >= 0.6 is 11.8 Å². The number of nitrogens with one attached hydrogen (secondary N) is 1. The van der Waals surface area contributed by atoms with Crippen LogP contribution in [0, 0.1) is 5.41 Å². The second-order valence-electron chi connectivity index (χ2n) is 4.16. The summed E-state index contributed by atoms with van der Waals surface area (Å²) >= 11 is 1.51. The molecule has 1 saturated carbocycles. The summed E-state index contributed by atoms with van der Waals surface area (Å²) in [5.74, 6) is 0.404. The Bertz CT molecular complexity index is 287. The van der Waals surface area contributed by atoms with Crippen LogP contribution in [-0.2, 0) is 9.59 Å². The van der Waals surface area contributed by atoms with Crippen molar-refractivity contribution in [3.8, 4) is 0 Å². The molecule has 1 amide bonds. The Balaban J connectivity index is 2.13. The first-order chi connectivity index (χ1) is 7.58. The molecule has 0 atom stereocenters. The van der Waals surface area contributed by atoms with Crippen molar-refractivity contribution in [3.05, 3.63) is 12.7 Å². The number of amides is 1. The molecule has 5 heteroatoms. The van der Waals surface area contributed by atoms with Crippen molar-refractivity contribution in [1.29, 1.82) is 0 Å². The Labute approximate surface area is 99.5 Å². The third-order valence-corrected chi connectivity index (χ3v) is 3.85. The maximum atomic E-state index is 11.2. The minimum Gasteiger partial charge on any atom is -0.481 e. The van der Waals surface area contributed by atoms with Gasteiger partial charge in [0.1, 0.15) is 0 Å². The van der Waals surface area contributed by atoms with Crippen LogP contribution < -0.4 is 5.32 Å². The summed E-state index contributed by atoms with van der Waals surface area (Å²) in [4.78, 5) is 21.8. The zero-order valence-electron chi connectivity index (χ0n) is 9.20. The van der Waals surface area contributed by atoms with E-state index >= 15 is 0 Å². The molecular weight excluding hydrogens is 226 g/mol. The summed E-state index contributed by atoms with van der Waals surface area (Å²) in [5, 5.41) is 11.4. The topological polar surface area (TPSA) is 66.4 Å². The normalized spacial score (nSPS) is 16.5. The molecule has 0 aromatic carbocycles. The number of hydrogen-bond acceptors (Lipinski definition) is 3. The molecule has 0 spiro atoms. The van der Waals surface area contributed by atoms with Gasteiger partial charge in [-0.25, -0.2) is 0 Å². The van der Waals surface area contributed by atoms with E-state index < -0.39 is 5.97 Å². The largest absolute Gasteiger partial charge is 0.481 e. The van der Waals surface area contributed by atoms with Crippen LogP contribution in [0.2, 0.25) is 0 Å². The minimum atomic E-state index is -0.741. The van der Waals surface area contributed by atoms with Crippen molar-refractivity contribution < 1.29 is 14.7 Å². The molecule has 90 valence electrons. The average Bonchev–Trinajstić information content (AvgIpc) is 2.94. The monoisotopic (exact) mass is 243 g/mol. The standard InChI is InChI=1S/C11H17NO3S/c1-2-5-12-9(13)7-16-8-11(3-4-11)6-10(14)15/h2H,1,3-8H2,(H,12,13)(H,14,15). The first-order valence-corrected chi connectivity index (χ1v) is 6.41. The highest BCUT2D eigenvalue weighted by Crippen LogP contribution is 2.50. The van der Waals surface area contributed by atoms with Gasteiger partial charge in [-0.2, -0.15) is 11.8 Å². The van der Waals surface area contributed by atoms with Crippen molar-refractivity contribution in [3.63, 3.8) is 0 Å². The molecule has 0 bridgehead atoms. The molecule has 0 saturated heterocycles. The van der Waals surface area contributed by atoms with Gasteiger partial charge in [-0.05, 0) is 24.0 Å². The van der Waals surface area contributed by atoms with Crippen LogP contribution in [0.3, 0.4) is 0 Å². The second-order valence-corrected chi connectivity index (χ2v) is 5.14. The molecule has 2 N–H and O–H groups in total. The van der Waals surface area contributed by atoms with E-state index in [1.54, 1.807) is 6.08 Å². The summed E-state index contributed by atoms with van der Waals surface area (Å²) in [5.41, 5.74) is -0.0325. The lowest BCUT2D eigenvalue weighted by atomic mass is 10.1. The van der Waals surface area contributed by atoms with E-state index in [-0.39, 0.29) is 17.7 Å². The number of carboxylic acid groups (broad SMARTS) is 1. The first-order valence-electron chi connectivity index (χ1n) is 5.25. The highest BCUT2D eigenvalue weighted by molar-refractivity contribution is 7.99. The van der Waals surface area contributed by atoms with Crippen molar-refractivity contribution in [2.45, 2.75) is 19.3 Å². The molecule has 0 aromatic rings. The highest BCUT2D eigenvalue weighted by Gasteiger charge is 2.44. The SMILES string of the molecule is C=CCNC(=O)CSCC1(CC(=O)O)CC1. The van der Waals surface area contributed by atoms with Crippen LogP contribution in [0.1, 0.15) is 19.3 Å². The van der Waals surface area contributed by atoms with E-state index in [1.807, 2.05) is 0 Å². The van der Waals surface area contributed by atoms with Crippen LogP contribution in [0.4, 0.5) is 0 Å². The van der Waals surface area contributed by atoms with E-state index in [9.17, 15) is 9.59 Å². The van der Waals surface area contributed by atoms with Crippen molar-refractivity contribution in [2.75, 3.05) is 18.1 Å². The van der Waals surface area contributed by atoms with Gasteiger partial charge in [0.15, 0.2) is 0 Å². The third-order valence-electron chi connectivity index (χ3n) is 2.57. The summed E-state index contributed by atoms with van der Waals surface area (Å²) in [6.07, 6.45) is 3.81. The fourth-order valence-corrected chi connectivity index (χ4v) is 2.68. The van der Waals surface area contributed by atoms with Gasteiger partial charge in [-0.3, -0.25) is 9.59 Å². The fourth-order valence-electron chi connectivity index (χ4n) is 1.47. The lowest BCUT2D eigenvalue weighted by molar-refractivity contribution is -0.138. The second kappa shape index (κ2) is 5.94. The van der Waals surface area contributed by atoms with Crippen LogP contribution in [0.5, 0.6) is 0 Å². The molecule has 0 unspecified atom stereocenters. The molecule has 0 aliphatic heterocycles. The molecule has 1 fully saturated rings. The smallest absolute Gasteiger partial charge is 0.303 e. The van der Waals surface area contributed by atoms with Gasteiger partial charge >= 0.3 is 5.97 Å². The van der Waals surface area contributed by atoms with Crippen LogP contribution in [0.15, 0.2) is 12.7 Å². The zero-order valence-corrected chi connectivity index (χ0v) is 10.0. The van der Waals surface area contributed by atoms with Crippen molar-refractivity contribution in [2.24, 2.45) is 5.41 Å². The Hall–Kier alpha value is -0.970. The molecule has 1 rings (SSSR count). The molecule has 1 aliphatic carbocycles. The predicted molar refractivity (Wildman–Crippen MR) is 64.5 cm³/mol. The lowest BCUT2D eigenvalue weighted by Gasteiger charge is -2.11. The van der Waals surface area contributed by atoms with Gasteiger partial charge in [-0.1, -0.05) is 6.08 Å². The molecular formula is C11H17NO3S. The number of carbonyl (C=O) groups excluding carboxylic acids is 1. The van der Waals surface area contributed by atoms with Crippen molar-refractivity contribution in [1.82, 2.24) is 5.32 Å². The van der Waals surface area contributed by atoms with Crippen LogP contribution in [-0.4, -0.2) is 35.0 Å². The van der Waals surface area contributed by atoms with E-state index in [0.717, 1.165) is 18.6 Å². The van der Waals surface area contributed by atoms with E-state index in [4.69, 9.17) is 5.11 Å². The Morgan fingerprint density at radius 2 is 2.19 bits per heavy atom. The molecule has 0 aromatic heterocycles. The number of carbonyl (C=O) groups is 2.